The first-order valence-corrected chi connectivity index (χ1v) is 6.89. The Morgan fingerprint density at radius 3 is 2.71 bits per heavy atom. The lowest BCUT2D eigenvalue weighted by Crippen LogP contribution is -2.26. The molecular formula is C12H11F3N4OS. The number of carbonyl (C=O) groups excluding carboxylic acids is 1. The third-order valence-corrected chi connectivity index (χ3v) is 3.19. The van der Waals surface area contributed by atoms with Crippen LogP contribution in [0.25, 0.3) is 11.3 Å². The molecule has 2 N–H and O–H groups in total. The molecule has 0 aliphatic heterocycles. The lowest BCUT2D eigenvalue weighted by Gasteiger charge is -2.05. The Morgan fingerprint density at radius 2 is 2.05 bits per heavy atom. The van der Waals surface area contributed by atoms with E-state index in [1.165, 1.54) is 6.07 Å². The third-order valence-electron chi connectivity index (χ3n) is 2.45. The first kappa shape index (κ1) is 15.4. The monoisotopic (exact) mass is 316 g/mol. The standard InChI is InChI=1S/C12H11F3N4OS/c13-12(14,15)21-6-5-17-11(20)10-7-9(18-19-10)8-1-3-16-4-2-8/h1-4,7H,5-6H2,(H,17,20)(H,18,19). The van der Waals surface area contributed by atoms with E-state index in [-0.39, 0.29) is 29.8 Å². The minimum absolute atomic E-state index is 0.0768. The van der Waals surface area contributed by atoms with Crippen molar-refractivity contribution in [1.82, 2.24) is 20.5 Å². The van der Waals surface area contributed by atoms with Gasteiger partial charge in [-0.2, -0.15) is 18.3 Å². The fraction of sp³-hybridized carbons (Fsp3) is 0.250. The first-order valence-electron chi connectivity index (χ1n) is 5.90. The number of aromatic amines is 1. The molecule has 0 unspecified atom stereocenters. The maximum Gasteiger partial charge on any atom is 0.441 e. The number of nitrogens with one attached hydrogen (secondary N) is 2. The minimum atomic E-state index is -4.28. The molecule has 1 amide bonds. The zero-order valence-electron chi connectivity index (χ0n) is 10.6. The van der Waals surface area contributed by atoms with Gasteiger partial charge in [0.15, 0.2) is 0 Å². The number of nitrogens with zero attached hydrogens (tertiary/aromatic N) is 2. The van der Waals surface area contributed by atoms with Crippen molar-refractivity contribution in [1.29, 1.82) is 0 Å². The van der Waals surface area contributed by atoms with E-state index in [9.17, 15) is 18.0 Å². The Morgan fingerprint density at radius 1 is 1.33 bits per heavy atom. The van der Waals surface area contributed by atoms with Crippen molar-refractivity contribution in [3.63, 3.8) is 0 Å². The number of halogens is 3. The van der Waals surface area contributed by atoms with Crippen molar-refractivity contribution in [3.8, 4) is 11.3 Å². The summed E-state index contributed by atoms with van der Waals surface area (Å²) in [7, 11) is 0. The van der Waals surface area contributed by atoms with Gasteiger partial charge in [0.1, 0.15) is 5.69 Å². The molecule has 2 aromatic rings. The van der Waals surface area contributed by atoms with Crippen LogP contribution in [0.15, 0.2) is 30.6 Å². The summed E-state index contributed by atoms with van der Waals surface area (Å²) in [5, 5.41) is 8.92. The van der Waals surface area contributed by atoms with Crippen LogP contribution in [-0.4, -0.2) is 38.9 Å². The van der Waals surface area contributed by atoms with E-state index in [1.807, 2.05) is 0 Å². The van der Waals surface area contributed by atoms with Gasteiger partial charge in [0.2, 0.25) is 0 Å². The Bertz CT molecular complexity index is 600. The molecule has 0 spiro atoms. The Hall–Kier alpha value is -2.03. The highest BCUT2D eigenvalue weighted by atomic mass is 32.2. The number of H-pyrrole nitrogens is 1. The number of thioether (sulfide) groups is 1. The fourth-order valence-corrected chi connectivity index (χ4v) is 1.97. The lowest BCUT2D eigenvalue weighted by molar-refractivity contribution is -0.0327. The van der Waals surface area contributed by atoms with E-state index >= 15 is 0 Å². The number of amides is 1. The molecule has 2 rings (SSSR count). The quantitative estimate of drug-likeness (QED) is 0.831. The molecule has 0 atom stereocenters. The van der Waals surface area contributed by atoms with Gasteiger partial charge in [0, 0.05) is 30.3 Å². The van der Waals surface area contributed by atoms with Crippen LogP contribution in [0.4, 0.5) is 13.2 Å². The van der Waals surface area contributed by atoms with Crippen LogP contribution in [0.1, 0.15) is 10.5 Å². The molecule has 112 valence electrons. The molecular weight excluding hydrogens is 305 g/mol. The zero-order chi connectivity index (χ0) is 15.3. The van der Waals surface area contributed by atoms with Crippen molar-refractivity contribution >= 4 is 17.7 Å². The smallest absolute Gasteiger partial charge is 0.350 e. The van der Waals surface area contributed by atoms with Crippen molar-refractivity contribution < 1.29 is 18.0 Å². The van der Waals surface area contributed by atoms with Crippen LogP contribution in [0, 0.1) is 0 Å². The molecule has 0 aliphatic rings. The third kappa shape index (κ3) is 4.78. The summed E-state index contributed by atoms with van der Waals surface area (Å²) in [5.74, 6) is -0.730. The van der Waals surface area contributed by atoms with E-state index < -0.39 is 11.4 Å². The molecule has 0 radical (unpaired) electrons. The van der Waals surface area contributed by atoms with E-state index in [4.69, 9.17) is 0 Å². The highest BCUT2D eigenvalue weighted by Gasteiger charge is 2.27. The van der Waals surface area contributed by atoms with E-state index in [1.54, 1.807) is 24.5 Å². The molecule has 0 aromatic carbocycles. The first-order chi connectivity index (χ1) is 9.96. The van der Waals surface area contributed by atoms with Crippen LogP contribution in [0.2, 0.25) is 0 Å². The zero-order valence-corrected chi connectivity index (χ0v) is 11.5. The van der Waals surface area contributed by atoms with Gasteiger partial charge >= 0.3 is 5.51 Å². The van der Waals surface area contributed by atoms with Crippen LogP contribution >= 0.6 is 11.8 Å². The van der Waals surface area contributed by atoms with Gasteiger partial charge in [0.05, 0.1) is 5.69 Å². The topological polar surface area (TPSA) is 70.7 Å². The molecule has 0 saturated carbocycles. The predicted octanol–water partition coefficient (Wildman–Crippen LogP) is 2.45. The second kappa shape index (κ2) is 6.61. The molecule has 0 aliphatic carbocycles. The minimum Gasteiger partial charge on any atom is -0.350 e. The van der Waals surface area contributed by atoms with Crippen molar-refractivity contribution in [2.24, 2.45) is 0 Å². The number of hydrogen-bond acceptors (Lipinski definition) is 4. The summed E-state index contributed by atoms with van der Waals surface area (Å²) in [5.41, 5.74) is -2.74. The average molecular weight is 316 g/mol. The molecule has 21 heavy (non-hydrogen) atoms. The highest BCUT2D eigenvalue weighted by Crippen LogP contribution is 2.29. The van der Waals surface area contributed by atoms with E-state index in [0.29, 0.717) is 5.69 Å². The summed E-state index contributed by atoms with van der Waals surface area (Å²) >= 11 is -0.175. The molecule has 2 heterocycles. The number of rotatable bonds is 5. The molecule has 5 nitrogen and oxygen atoms in total. The SMILES string of the molecule is O=C(NCCSC(F)(F)F)c1cc(-c2ccncc2)n[nH]1. The number of hydrogen-bond donors (Lipinski definition) is 2. The van der Waals surface area contributed by atoms with Crippen molar-refractivity contribution in [2.75, 3.05) is 12.3 Å². The molecule has 0 fully saturated rings. The Labute approximate surface area is 122 Å². The van der Waals surface area contributed by atoms with Gasteiger partial charge < -0.3 is 5.32 Å². The molecule has 0 saturated heterocycles. The van der Waals surface area contributed by atoms with Crippen LogP contribution < -0.4 is 5.32 Å². The molecule has 2 aromatic heterocycles. The number of alkyl halides is 3. The van der Waals surface area contributed by atoms with Gasteiger partial charge in [-0.05, 0) is 30.0 Å². The van der Waals surface area contributed by atoms with E-state index in [0.717, 1.165) is 5.56 Å². The Balaban J connectivity index is 1.88. The second-order valence-corrected chi connectivity index (χ2v) is 5.11. The number of carbonyl (C=O) groups is 1. The van der Waals surface area contributed by atoms with Crippen LogP contribution in [0.5, 0.6) is 0 Å². The lowest BCUT2D eigenvalue weighted by atomic mass is 10.2. The summed E-state index contributed by atoms with van der Waals surface area (Å²) in [6.07, 6.45) is 3.19. The number of pyridine rings is 1. The van der Waals surface area contributed by atoms with Gasteiger partial charge in [0.25, 0.3) is 5.91 Å². The summed E-state index contributed by atoms with van der Waals surface area (Å²) < 4.78 is 35.8. The maximum absolute atomic E-state index is 11.9. The number of aromatic nitrogens is 3. The highest BCUT2D eigenvalue weighted by molar-refractivity contribution is 8.00. The predicted molar refractivity (Wildman–Crippen MR) is 72.7 cm³/mol. The Kier molecular flexibility index (Phi) is 4.84. The van der Waals surface area contributed by atoms with Gasteiger partial charge in [-0.15, -0.1) is 0 Å². The second-order valence-electron chi connectivity index (χ2n) is 3.95. The van der Waals surface area contributed by atoms with Gasteiger partial charge in [-0.1, -0.05) is 0 Å². The average Bonchev–Trinajstić information content (AvgIpc) is 2.93. The van der Waals surface area contributed by atoms with Crippen molar-refractivity contribution in [2.45, 2.75) is 5.51 Å². The van der Waals surface area contributed by atoms with Gasteiger partial charge in [-0.25, -0.2) is 0 Å². The molecule has 0 bridgehead atoms. The van der Waals surface area contributed by atoms with Crippen LogP contribution in [0.3, 0.4) is 0 Å². The normalized spacial score (nSPS) is 11.4. The largest absolute Gasteiger partial charge is 0.441 e. The molecule has 9 heteroatoms. The van der Waals surface area contributed by atoms with Crippen molar-refractivity contribution in [3.05, 3.63) is 36.3 Å². The van der Waals surface area contributed by atoms with Gasteiger partial charge in [-0.3, -0.25) is 14.9 Å². The van der Waals surface area contributed by atoms with E-state index in [2.05, 4.69) is 20.5 Å². The summed E-state index contributed by atoms with van der Waals surface area (Å²) in [6, 6.07) is 5.00. The summed E-state index contributed by atoms with van der Waals surface area (Å²) in [4.78, 5) is 15.6. The maximum atomic E-state index is 11.9. The fourth-order valence-electron chi connectivity index (χ4n) is 1.54. The van der Waals surface area contributed by atoms with Crippen LogP contribution in [-0.2, 0) is 0 Å². The summed E-state index contributed by atoms with van der Waals surface area (Å²) in [6.45, 7) is -0.0768.